The van der Waals surface area contributed by atoms with Gasteiger partial charge in [0.05, 0.1) is 25.4 Å². The van der Waals surface area contributed by atoms with E-state index in [1.165, 1.54) is 321 Å². The van der Waals surface area contributed by atoms with Gasteiger partial charge in [-0.1, -0.05) is 373 Å². The summed E-state index contributed by atoms with van der Waals surface area (Å²) in [5.41, 5.74) is 0. The number of ether oxygens (including phenoxy) is 2. The molecule has 0 aromatic carbocycles. The van der Waals surface area contributed by atoms with Crippen molar-refractivity contribution in [3.8, 4) is 0 Å². The van der Waals surface area contributed by atoms with Crippen LogP contribution in [0.5, 0.6) is 0 Å². The lowest BCUT2D eigenvalue weighted by atomic mass is 9.98. The number of hydrogen-bond donors (Lipinski definition) is 8. The van der Waals surface area contributed by atoms with Gasteiger partial charge >= 0.3 is 0 Å². The normalized spacial score (nSPS) is 18.7. The maximum Gasteiger partial charge on any atom is 0.249 e. The van der Waals surface area contributed by atoms with Crippen LogP contribution in [0.25, 0.3) is 0 Å². The highest BCUT2D eigenvalue weighted by molar-refractivity contribution is 5.80. The molecule has 0 aromatic rings. The molecule has 1 amide bonds. The largest absolute Gasteiger partial charge is 0.394 e. The molecule has 1 rings (SSSR count). The Morgan fingerprint density at radius 1 is 0.391 bits per heavy atom. The minimum atomic E-state index is -1.66. The first-order chi connectivity index (χ1) is 42.7. The first-order valence-corrected chi connectivity index (χ1v) is 38.6. The van der Waals surface area contributed by atoms with Crippen LogP contribution in [-0.2, 0) is 14.3 Å². The van der Waals surface area contributed by atoms with Crippen molar-refractivity contribution in [3.63, 3.8) is 0 Å². The topological polar surface area (TPSA) is 189 Å². The molecule has 9 atom stereocenters. The van der Waals surface area contributed by atoms with E-state index in [1.807, 2.05) is 0 Å². The fourth-order valence-corrected chi connectivity index (χ4v) is 12.9. The second-order valence-electron chi connectivity index (χ2n) is 27.4. The van der Waals surface area contributed by atoms with E-state index in [1.54, 1.807) is 0 Å². The fourth-order valence-electron chi connectivity index (χ4n) is 12.9. The van der Waals surface area contributed by atoms with E-state index >= 15 is 0 Å². The zero-order chi connectivity index (χ0) is 63.1. The lowest BCUT2D eigenvalue weighted by Crippen LogP contribution is -2.60. The monoisotopic (exact) mass is 1240 g/mol. The third-order valence-electron chi connectivity index (χ3n) is 19.1. The smallest absolute Gasteiger partial charge is 0.249 e. The highest BCUT2D eigenvalue weighted by Gasteiger charge is 2.44. The number of rotatable bonds is 69. The van der Waals surface area contributed by atoms with Crippen molar-refractivity contribution in [2.75, 3.05) is 13.2 Å². The summed E-state index contributed by atoms with van der Waals surface area (Å²) in [6.45, 7) is 3.53. The number of hydrogen-bond acceptors (Lipinski definition) is 10. The standard InChI is InChI=1S/C76H149NO10/c1-3-5-7-9-11-13-15-17-19-21-23-25-27-29-31-33-34-35-36-38-39-41-43-45-47-49-51-53-55-57-59-61-63-68(79)71(81)67(66-86-76-74(84)73(83)72(82)70(65-78)87-76)77-75(85)69(80)64-62-60-58-56-54-52-50-48-46-44-42-40-37-32-30-28-26-24-22-20-18-16-14-12-10-8-6-4-2/h30,32,67-74,76,78-84H,3-29,31,33-66H2,1-2H3,(H,77,85)/b32-30-. The predicted octanol–water partition coefficient (Wildman–Crippen LogP) is 19.4. The van der Waals surface area contributed by atoms with Crippen LogP contribution in [0.15, 0.2) is 12.2 Å². The Hall–Kier alpha value is -1.15. The van der Waals surface area contributed by atoms with Gasteiger partial charge in [0.15, 0.2) is 6.29 Å². The Morgan fingerprint density at radius 2 is 0.667 bits per heavy atom. The molecule has 1 aliphatic heterocycles. The zero-order valence-corrected chi connectivity index (χ0v) is 57.5. The van der Waals surface area contributed by atoms with Gasteiger partial charge in [0.25, 0.3) is 0 Å². The van der Waals surface area contributed by atoms with Crippen LogP contribution in [0.1, 0.15) is 399 Å². The summed E-state index contributed by atoms with van der Waals surface area (Å²) < 4.78 is 11.2. The van der Waals surface area contributed by atoms with Gasteiger partial charge in [-0.2, -0.15) is 0 Å². The summed E-state index contributed by atoms with van der Waals surface area (Å²) in [4.78, 5) is 13.3. The molecule has 518 valence electrons. The van der Waals surface area contributed by atoms with Crippen LogP contribution < -0.4 is 5.32 Å². The summed E-state index contributed by atoms with van der Waals surface area (Å²) in [6.07, 6.45) is 70.3. The number of unbranched alkanes of at least 4 members (excludes halogenated alkanes) is 55. The van der Waals surface area contributed by atoms with Crippen LogP contribution in [0.2, 0.25) is 0 Å². The molecular weight excluding hydrogens is 1090 g/mol. The van der Waals surface area contributed by atoms with Gasteiger partial charge in [0, 0.05) is 0 Å². The first kappa shape index (κ1) is 83.9. The number of allylic oxidation sites excluding steroid dienone is 2. The lowest BCUT2D eigenvalue weighted by molar-refractivity contribution is -0.303. The van der Waals surface area contributed by atoms with Crippen LogP contribution in [0.3, 0.4) is 0 Å². The Kier molecular flexibility index (Phi) is 62.6. The molecule has 87 heavy (non-hydrogen) atoms. The SMILES string of the molecule is CCCCCCCCCCCCCC/C=C\CCCCCCCCCCCCCCC(O)C(=O)NC(COC1OC(CO)C(O)C(O)C1O)C(O)C(O)CCCCCCCCCCCCCCCCCCCCCCCCCCCCCCCCCC. The van der Waals surface area contributed by atoms with Crippen molar-refractivity contribution in [1.29, 1.82) is 0 Å². The summed E-state index contributed by atoms with van der Waals surface area (Å²) in [5, 5.41) is 76.7. The average molecular weight is 1240 g/mol. The van der Waals surface area contributed by atoms with Gasteiger partial charge < -0.3 is 50.5 Å². The third-order valence-corrected chi connectivity index (χ3v) is 19.1. The van der Waals surface area contributed by atoms with E-state index in [4.69, 9.17) is 9.47 Å². The number of carbonyl (C=O) groups excluding carboxylic acids is 1. The van der Waals surface area contributed by atoms with Crippen molar-refractivity contribution < 1.29 is 50.0 Å². The third kappa shape index (κ3) is 52.0. The zero-order valence-electron chi connectivity index (χ0n) is 57.5. The van der Waals surface area contributed by atoms with Crippen molar-refractivity contribution in [3.05, 3.63) is 12.2 Å². The van der Waals surface area contributed by atoms with Gasteiger partial charge in [-0.3, -0.25) is 4.79 Å². The van der Waals surface area contributed by atoms with Gasteiger partial charge in [-0.15, -0.1) is 0 Å². The Morgan fingerprint density at radius 3 is 0.966 bits per heavy atom. The summed E-state index contributed by atoms with van der Waals surface area (Å²) in [5.74, 6) is -0.689. The van der Waals surface area contributed by atoms with E-state index in [-0.39, 0.29) is 6.42 Å². The molecule has 0 bridgehead atoms. The number of amides is 1. The molecule has 11 heteroatoms. The molecule has 11 nitrogen and oxygen atoms in total. The average Bonchev–Trinajstić information content (AvgIpc) is 1.97. The molecular formula is C76H149NO10. The highest BCUT2D eigenvalue weighted by Crippen LogP contribution is 2.24. The Balaban J connectivity index is 2.15. The summed E-state index contributed by atoms with van der Waals surface area (Å²) in [6, 6.07) is -1.17. The summed E-state index contributed by atoms with van der Waals surface area (Å²) >= 11 is 0. The van der Waals surface area contributed by atoms with E-state index < -0.39 is 74.2 Å². The van der Waals surface area contributed by atoms with Crippen LogP contribution >= 0.6 is 0 Å². The quantitative estimate of drug-likeness (QED) is 0.0215. The molecule has 0 saturated carbocycles. The predicted molar refractivity (Wildman–Crippen MR) is 367 cm³/mol. The highest BCUT2D eigenvalue weighted by atomic mass is 16.7. The molecule has 1 aliphatic rings. The van der Waals surface area contributed by atoms with Crippen molar-refractivity contribution in [2.45, 2.75) is 454 Å². The molecule has 0 radical (unpaired) electrons. The second kappa shape index (κ2) is 64.9. The van der Waals surface area contributed by atoms with E-state index in [2.05, 4.69) is 31.3 Å². The summed E-state index contributed by atoms with van der Waals surface area (Å²) in [7, 11) is 0. The van der Waals surface area contributed by atoms with Crippen LogP contribution in [0, 0.1) is 0 Å². The number of nitrogens with one attached hydrogen (secondary N) is 1. The Bertz CT molecular complexity index is 1420. The number of carbonyl (C=O) groups is 1. The molecule has 0 spiro atoms. The molecule has 1 fully saturated rings. The molecule has 9 unspecified atom stereocenters. The maximum atomic E-state index is 13.3. The molecule has 8 N–H and O–H groups in total. The maximum absolute atomic E-state index is 13.3. The number of aliphatic hydroxyl groups is 7. The molecule has 0 aromatic heterocycles. The van der Waals surface area contributed by atoms with Crippen LogP contribution in [-0.4, -0.2) is 110 Å². The molecule has 1 heterocycles. The Labute approximate surface area is 538 Å². The van der Waals surface area contributed by atoms with Crippen molar-refractivity contribution in [2.24, 2.45) is 0 Å². The lowest BCUT2D eigenvalue weighted by Gasteiger charge is -2.40. The molecule has 0 aliphatic carbocycles. The molecule has 1 saturated heterocycles. The minimum absolute atomic E-state index is 0.264. The minimum Gasteiger partial charge on any atom is -0.394 e. The van der Waals surface area contributed by atoms with E-state index in [0.717, 1.165) is 38.5 Å². The number of aliphatic hydroxyl groups excluding tert-OH is 7. The van der Waals surface area contributed by atoms with E-state index in [9.17, 15) is 40.5 Å². The second-order valence-corrected chi connectivity index (χ2v) is 27.4. The van der Waals surface area contributed by atoms with Gasteiger partial charge in [-0.05, 0) is 38.5 Å². The fraction of sp³-hybridized carbons (Fsp3) is 0.961. The van der Waals surface area contributed by atoms with Crippen molar-refractivity contribution >= 4 is 5.91 Å². The van der Waals surface area contributed by atoms with Gasteiger partial charge in [0.2, 0.25) is 5.91 Å². The van der Waals surface area contributed by atoms with Gasteiger partial charge in [0.1, 0.15) is 36.6 Å². The van der Waals surface area contributed by atoms with Crippen LogP contribution in [0.4, 0.5) is 0 Å². The van der Waals surface area contributed by atoms with Gasteiger partial charge in [-0.25, -0.2) is 0 Å². The van der Waals surface area contributed by atoms with Crippen molar-refractivity contribution in [1.82, 2.24) is 5.32 Å². The van der Waals surface area contributed by atoms with E-state index in [0.29, 0.717) is 19.3 Å². The first-order valence-electron chi connectivity index (χ1n) is 38.6.